The highest BCUT2D eigenvalue weighted by Gasteiger charge is 2.47. The summed E-state index contributed by atoms with van der Waals surface area (Å²) in [6.45, 7) is 0. The van der Waals surface area contributed by atoms with Crippen molar-refractivity contribution in [1.82, 2.24) is 19.9 Å². The van der Waals surface area contributed by atoms with Gasteiger partial charge in [0.25, 0.3) is 0 Å². The molecule has 0 saturated carbocycles. The molecule has 1 aliphatic rings. The van der Waals surface area contributed by atoms with E-state index in [-0.39, 0.29) is 0 Å². The number of benzene rings is 5. The molecule has 0 radical (unpaired) electrons. The lowest BCUT2D eigenvalue weighted by molar-refractivity contribution is 0.769. The second-order valence-corrected chi connectivity index (χ2v) is 13.4. The predicted molar refractivity (Wildman–Crippen MR) is 214 cm³/mol. The van der Waals surface area contributed by atoms with Crippen molar-refractivity contribution < 1.29 is 0 Å². The van der Waals surface area contributed by atoms with Crippen molar-refractivity contribution in [2.75, 3.05) is 0 Å². The third kappa shape index (κ3) is 4.84. The van der Waals surface area contributed by atoms with Crippen LogP contribution in [0.2, 0.25) is 0 Å². The first-order valence-corrected chi connectivity index (χ1v) is 17.9. The summed E-state index contributed by atoms with van der Waals surface area (Å²) in [5.41, 5.74) is 14.9. The van der Waals surface area contributed by atoms with Gasteiger partial charge in [0, 0.05) is 59.4 Å². The third-order valence-corrected chi connectivity index (χ3v) is 10.6. The Labute approximate surface area is 308 Å². The third-order valence-electron chi connectivity index (χ3n) is 10.6. The monoisotopic (exact) mass is 676 g/mol. The number of pyridine rings is 4. The molecule has 1 aliphatic carbocycles. The standard InChI is InChI=1S/C49H32N4/c1-3-15-36(16-4-1)49(37-17-5-2-6-18-37)44-29-33(38-21-11-27-52-47(38)34-13-9-25-50-31-34)23-24-42(44)46-40-20-8-7-19-39(40)43(30-45(46)49)41-22-12-28-53-48(41)35-14-10-26-51-32-35/h1-32H. The Morgan fingerprint density at radius 2 is 0.925 bits per heavy atom. The van der Waals surface area contributed by atoms with Crippen LogP contribution in [0.1, 0.15) is 22.3 Å². The Morgan fingerprint density at radius 1 is 0.358 bits per heavy atom. The molecule has 0 amide bonds. The van der Waals surface area contributed by atoms with Gasteiger partial charge in [0.1, 0.15) is 0 Å². The predicted octanol–water partition coefficient (Wildman–Crippen LogP) is 11.5. The Bertz CT molecular complexity index is 2720. The average molecular weight is 677 g/mol. The molecular weight excluding hydrogens is 645 g/mol. The van der Waals surface area contributed by atoms with E-state index in [1.165, 1.54) is 44.2 Å². The van der Waals surface area contributed by atoms with E-state index in [0.29, 0.717) is 0 Å². The molecule has 0 atom stereocenters. The molecule has 5 aromatic carbocycles. The van der Waals surface area contributed by atoms with Crippen molar-refractivity contribution in [3.63, 3.8) is 0 Å². The van der Waals surface area contributed by atoms with Crippen LogP contribution in [0.3, 0.4) is 0 Å². The minimum Gasteiger partial charge on any atom is -0.264 e. The second kappa shape index (κ2) is 12.6. The van der Waals surface area contributed by atoms with E-state index in [1.54, 1.807) is 6.20 Å². The highest BCUT2D eigenvalue weighted by Crippen LogP contribution is 2.60. The fourth-order valence-electron chi connectivity index (χ4n) is 8.46. The number of aromatic nitrogens is 4. The summed E-state index contributed by atoms with van der Waals surface area (Å²) in [5, 5.41) is 2.39. The quantitative estimate of drug-likeness (QED) is 0.176. The SMILES string of the molecule is c1ccc(C2(c3ccccc3)c3cc(-c4cccnc4-c4cccnc4)ccc3-c3c2cc(-c2cccnc2-c2cccnc2)c2ccccc32)cc1. The first kappa shape index (κ1) is 30.8. The van der Waals surface area contributed by atoms with Gasteiger partial charge in [-0.25, -0.2) is 0 Å². The van der Waals surface area contributed by atoms with E-state index in [2.05, 4.69) is 143 Å². The molecular formula is C49H32N4. The first-order valence-electron chi connectivity index (χ1n) is 17.9. The van der Waals surface area contributed by atoms with Crippen LogP contribution in [0, 0.1) is 0 Å². The van der Waals surface area contributed by atoms with Crippen LogP contribution >= 0.6 is 0 Å². The number of hydrogen-bond acceptors (Lipinski definition) is 4. The molecule has 0 aliphatic heterocycles. The van der Waals surface area contributed by atoms with E-state index >= 15 is 0 Å². The van der Waals surface area contributed by atoms with Crippen LogP contribution < -0.4 is 0 Å². The number of rotatable bonds is 6. The van der Waals surface area contributed by atoms with Gasteiger partial charge in [0.2, 0.25) is 0 Å². The fourth-order valence-corrected chi connectivity index (χ4v) is 8.46. The fraction of sp³-hybridized carbons (Fsp3) is 0.0204. The van der Waals surface area contributed by atoms with Gasteiger partial charge in [0.15, 0.2) is 0 Å². The van der Waals surface area contributed by atoms with Crippen LogP contribution in [0.5, 0.6) is 0 Å². The van der Waals surface area contributed by atoms with Crippen LogP contribution in [0.15, 0.2) is 195 Å². The maximum absolute atomic E-state index is 4.95. The molecule has 0 unspecified atom stereocenters. The summed E-state index contributed by atoms with van der Waals surface area (Å²) in [6.07, 6.45) is 11.1. The maximum Gasteiger partial charge on any atom is 0.0795 e. The van der Waals surface area contributed by atoms with Gasteiger partial charge in [-0.05, 0) is 104 Å². The summed E-state index contributed by atoms with van der Waals surface area (Å²) in [7, 11) is 0. The van der Waals surface area contributed by atoms with Crippen molar-refractivity contribution in [3.8, 4) is 55.9 Å². The normalized spacial score (nSPS) is 12.7. The lowest BCUT2D eigenvalue weighted by Gasteiger charge is -2.34. The van der Waals surface area contributed by atoms with Gasteiger partial charge in [0.05, 0.1) is 16.8 Å². The van der Waals surface area contributed by atoms with Crippen LogP contribution in [-0.2, 0) is 5.41 Å². The van der Waals surface area contributed by atoms with Gasteiger partial charge in [-0.2, -0.15) is 0 Å². The molecule has 9 aromatic rings. The van der Waals surface area contributed by atoms with Crippen molar-refractivity contribution in [1.29, 1.82) is 0 Å². The van der Waals surface area contributed by atoms with E-state index in [9.17, 15) is 0 Å². The zero-order chi connectivity index (χ0) is 35.2. The summed E-state index contributed by atoms with van der Waals surface area (Å²) < 4.78 is 0. The minimum absolute atomic E-state index is 0.630. The Kier molecular flexibility index (Phi) is 7.33. The minimum atomic E-state index is -0.630. The molecule has 53 heavy (non-hydrogen) atoms. The molecule has 4 heteroatoms. The van der Waals surface area contributed by atoms with E-state index in [1.807, 2.05) is 55.2 Å². The Balaban J connectivity index is 1.33. The molecule has 4 heterocycles. The zero-order valence-electron chi connectivity index (χ0n) is 28.8. The summed E-state index contributed by atoms with van der Waals surface area (Å²) in [4.78, 5) is 18.7. The van der Waals surface area contributed by atoms with E-state index in [0.717, 1.165) is 44.8 Å². The number of hydrogen-bond donors (Lipinski definition) is 0. The van der Waals surface area contributed by atoms with Crippen LogP contribution in [0.25, 0.3) is 66.7 Å². The first-order chi connectivity index (χ1) is 26.3. The van der Waals surface area contributed by atoms with Gasteiger partial charge in [-0.3, -0.25) is 19.9 Å². The molecule has 0 spiro atoms. The molecule has 4 aromatic heterocycles. The van der Waals surface area contributed by atoms with Crippen molar-refractivity contribution in [2.45, 2.75) is 5.41 Å². The van der Waals surface area contributed by atoms with Gasteiger partial charge < -0.3 is 0 Å². The second-order valence-electron chi connectivity index (χ2n) is 13.4. The van der Waals surface area contributed by atoms with Crippen molar-refractivity contribution in [3.05, 3.63) is 217 Å². The van der Waals surface area contributed by atoms with Gasteiger partial charge in [-0.15, -0.1) is 0 Å². The highest BCUT2D eigenvalue weighted by molar-refractivity contribution is 6.11. The van der Waals surface area contributed by atoms with Gasteiger partial charge >= 0.3 is 0 Å². The van der Waals surface area contributed by atoms with E-state index < -0.39 is 5.41 Å². The number of nitrogens with zero attached hydrogens (tertiary/aromatic N) is 4. The lowest BCUT2D eigenvalue weighted by Crippen LogP contribution is -2.28. The highest BCUT2D eigenvalue weighted by atomic mass is 14.7. The molecule has 0 fully saturated rings. The zero-order valence-corrected chi connectivity index (χ0v) is 28.8. The largest absolute Gasteiger partial charge is 0.264 e. The summed E-state index contributed by atoms with van der Waals surface area (Å²) in [5.74, 6) is 0. The van der Waals surface area contributed by atoms with E-state index in [4.69, 9.17) is 9.97 Å². The summed E-state index contributed by atoms with van der Waals surface area (Å²) >= 11 is 0. The molecule has 248 valence electrons. The molecule has 0 saturated heterocycles. The van der Waals surface area contributed by atoms with Crippen LogP contribution in [-0.4, -0.2) is 19.9 Å². The molecule has 0 N–H and O–H groups in total. The molecule has 4 nitrogen and oxygen atoms in total. The lowest BCUT2D eigenvalue weighted by atomic mass is 9.67. The Hall–Kier alpha value is -7.04. The van der Waals surface area contributed by atoms with Crippen molar-refractivity contribution in [2.24, 2.45) is 0 Å². The smallest absolute Gasteiger partial charge is 0.0795 e. The van der Waals surface area contributed by atoms with Gasteiger partial charge in [-0.1, -0.05) is 109 Å². The Morgan fingerprint density at radius 3 is 1.55 bits per heavy atom. The summed E-state index contributed by atoms with van der Waals surface area (Å²) in [6, 6.07) is 56.8. The molecule has 10 rings (SSSR count). The number of fused-ring (bicyclic) bond motifs is 5. The van der Waals surface area contributed by atoms with Crippen LogP contribution in [0.4, 0.5) is 0 Å². The topological polar surface area (TPSA) is 51.6 Å². The maximum atomic E-state index is 4.95. The average Bonchev–Trinajstić information content (AvgIpc) is 3.55. The molecule has 0 bridgehead atoms. The van der Waals surface area contributed by atoms with Crippen molar-refractivity contribution >= 4 is 10.8 Å².